The third-order valence-corrected chi connectivity index (χ3v) is 3.49. The molecule has 0 amide bonds. The van der Waals surface area contributed by atoms with E-state index in [0.717, 1.165) is 19.1 Å². The fourth-order valence-electron chi connectivity index (χ4n) is 1.49. The lowest BCUT2D eigenvalue weighted by Gasteiger charge is -2.07. The van der Waals surface area contributed by atoms with Gasteiger partial charge in [0.25, 0.3) is 5.56 Å². The van der Waals surface area contributed by atoms with E-state index in [4.69, 9.17) is 0 Å². The molecule has 0 N–H and O–H groups in total. The largest absolute Gasteiger partial charge is 0.308 e. The minimum absolute atomic E-state index is 0.0450. The zero-order valence-corrected chi connectivity index (χ0v) is 12.0. The van der Waals surface area contributed by atoms with Crippen molar-refractivity contribution in [3.05, 3.63) is 36.2 Å². The molecule has 0 saturated heterocycles. The summed E-state index contributed by atoms with van der Waals surface area (Å²) < 4.78 is 3.63. The first-order chi connectivity index (χ1) is 7.00. The van der Waals surface area contributed by atoms with Crippen LogP contribution < -0.4 is 5.56 Å². The molecule has 1 aromatic heterocycles. The number of aryl methyl sites for hydroxylation is 2. The normalized spacial score (nSPS) is 10.9. The zero-order valence-electron chi connectivity index (χ0n) is 8.21. The third kappa shape index (κ3) is 1.82. The van der Waals surface area contributed by atoms with Crippen LogP contribution in [-0.2, 0) is 7.05 Å². The summed E-state index contributed by atoms with van der Waals surface area (Å²) in [7, 11) is 1.77. The maximum atomic E-state index is 11.7. The Hall–Kier alpha value is -0.430. The first-order valence-corrected chi connectivity index (χ1v) is 6.20. The molecule has 0 aliphatic carbocycles. The number of aromatic nitrogens is 2. The molecule has 0 aliphatic rings. The van der Waals surface area contributed by atoms with Gasteiger partial charge in [0.05, 0.1) is 5.52 Å². The lowest BCUT2D eigenvalue weighted by Crippen LogP contribution is -2.21. The van der Waals surface area contributed by atoms with Crippen molar-refractivity contribution in [1.82, 2.24) is 9.55 Å². The second-order valence-electron chi connectivity index (χ2n) is 3.32. The van der Waals surface area contributed by atoms with Gasteiger partial charge in [-0.15, -0.1) is 0 Å². The Morgan fingerprint density at radius 3 is 2.80 bits per heavy atom. The van der Waals surface area contributed by atoms with Crippen molar-refractivity contribution < 1.29 is 0 Å². The lowest BCUT2D eigenvalue weighted by atomic mass is 10.3. The molecule has 0 aliphatic heterocycles. The molecular weight excluding hydrogens is 371 g/mol. The highest BCUT2D eigenvalue weighted by molar-refractivity contribution is 14.1. The fraction of sp³-hybridized carbons (Fsp3) is 0.200. The number of hydrogen-bond donors (Lipinski definition) is 0. The van der Waals surface area contributed by atoms with Crippen LogP contribution in [0.25, 0.3) is 11.0 Å². The lowest BCUT2D eigenvalue weighted by molar-refractivity contribution is 0.871. The molecule has 0 saturated carbocycles. The highest BCUT2D eigenvalue weighted by Crippen LogP contribution is 2.24. The van der Waals surface area contributed by atoms with Gasteiger partial charge >= 0.3 is 0 Å². The third-order valence-electron chi connectivity index (χ3n) is 2.26. The van der Waals surface area contributed by atoms with Gasteiger partial charge in [0, 0.05) is 15.1 Å². The van der Waals surface area contributed by atoms with E-state index in [-0.39, 0.29) is 5.56 Å². The average Bonchev–Trinajstić information content (AvgIpc) is 2.17. The molecule has 5 heteroatoms. The van der Waals surface area contributed by atoms with E-state index in [2.05, 4.69) is 43.5 Å². The molecule has 15 heavy (non-hydrogen) atoms. The fourth-order valence-corrected chi connectivity index (χ4v) is 3.06. The summed E-state index contributed by atoms with van der Waals surface area (Å²) in [5, 5.41) is 0. The van der Waals surface area contributed by atoms with E-state index in [1.165, 1.54) is 0 Å². The van der Waals surface area contributed by atoms with Crippen LogP contribution in [0.2, 0.25) is 0 Å². The van der Waals surface area contributed by atoms with Crippen molar-refractivity contribution >= 4 is 49.6 Å². The summed E-state index contributed by atoms with van der Waals surface area (Å²) in [4.78, 5) is 16.0. The number of nitrogens with zero attached hydrogens (tertiary/aromatic N) is 2. The Kier molecular flexibility index (Phi) is 2.85. The van der Waals surface area contributed by atoms with Gasteiger partial charge in [0.2, 0.25) is 0 Å². The molecule has 0 atom stereocenters. The number of hydrogen-bond acceptors (Lipinski definition) is 2. The molecular formula is C10H8BrIN2O. The number of halogens is 2. The first-order valence-electron chi connectivity index (χ1n) is 4.33. The van der Waals surface area contributed by atoms with Gasteiger partial charge in [-0.05, 0) is 57.6 Å². The highest BCUT2D eigenvalue weighted by Gasteiger charge is 2.08. The summed E-state index contributed by atoms with van der Waals surface area (Å²) in [5.41, 5.74) is 2.16. The van der Waals surface area contributed by atoms with Gasteiger partial charge in [-0.3, -0.25) is 4.79 Å². The van der Waals surface area contributed by atoms with Gasteiger partial charge < -0.3 is 4.57 Å². The molecule has 2 aromatic rings. The second kappa shape index (κ2) is 3.86. The molecule has 78 valence electrons. The molecule has 0 bridgehead atoms. The van der Waals surface area contributed by atoms with Crippen molar-refractivity contribution in [2.45, 2.75) is 6.92 Å². The molecule has 1 heterocycles. The molecule has 1 aromatic carbocycles. The van der Waals surface area contributed by atoms with E-state index in [0.29, 0.717) is 5.69 Å². The van der Waals surface area contributed by atoms with Gasteiger partial charge in [0.1, 0.15) is 11.2 Å². The Bertz CT molecular complexity index is 606. The van der Waals surface area contributed by atoms with Crippen molar-refractivity contribution in [3.8, 4) is 0 Å². The van der Waals surface area contributed by atoms with Crippen molar-refractivity contribution in [2.75, 3.05) is 0 Å². The van der Waals surface area contributed by atoms with Crippen LogP contribution >= 0.6 is 38.5 Å². The Morgan fingerprint density at radius 2 is 2.13 bits per heavy atom. The van der Waals surface area contributed by atoms with Gasteiger partial charge in [0.15, 0.2) is 0 Å². The maximum Gasteiger partial charge on any atom is 0.272 e. The van der Waals surface area contributed by atoms with Crippen molar-refractivity contribution in [1.29, 1.82) is 0 Å². The SMILES string of the molecule is Cc1nc2c(Br)cc(I)cc2n(C)c1=O. The predicted octanol–water partition coefficient (Wildman–Crippen LogP) is 2.61. The minimum atomic E-state index is -0.0450. The Balaban J connectivity index is 3.05. The molecule has 3 nitrogen and oxygen atoms in total. The maximum absolute atomic E-state index is 11.7. The number of fused-ring (bicyclic) bond motifs is 1. The van der Waals surface area contributed by atoms with Crippen LogP contribution in [0.5, 0.6) is 0 Å². The average molecular weight is 379 g/mol. The molecule has 0 fully saturated rings. The van der Waals surface area contributed by atoms with E-state index in [1.54, 1.807) is 18.5 Å². The van der Waals surface area contributed by atoms with Gasteiger partial charge in [-0.2, -0.15) is 0 Å². The van der Waals surface area contributed by atoms with Gasteiger partial charge in [-0.1, -0.05) is 0 Å². The second-order valence-corrected chi connectivity index (χ2v) is 5.42. The number of benzene rings is 1. The summed E-state index contributed by atoms with van der Waals surface area (Å²) in [6.45, 7) is 1.73. The smallest absolute Gasteiger partial charge is 0.272 e. The standard InChI is InChI=1S/C10H8BrIN2O/c1-5-10(15)14(2)8-4-6(12)3-7(11)9(8)13-5/h3-4H,1-2H3. The minimum Gasteiger partial charge on any atom is -0.308 e. The quantitative estimate of drug-likeness (QED) is 0.660. The zero-order chi connectivity index (χ0) is 11.2. The predicted molar refractivity (Wildman–Crippen MR) is 72.1 cm³/mol. The Morgan fingerprint density at radius 1 is 1.47 bits per heavy atom. The molecule has 0 radical (unpaired) electrons. The van der Waals surface area contributed by atoms with Crippen molar-refractivity contribution in [2.24, 2.45) is 7.05 Å². The van der Waals surface area contributed by atoms with Crippen LogP contribution in [0.4, 0.5) is 0 Å². The molecule has 0 spiro atoms. The van der Waals surface area contributed by atoms with Crippen LogP contribution in [0.15, 0.2) is 21.4 Å². The molecule has 2 rings (SSSR count). The van der Waals surface area contributed by atoms with E-state index < -0.39 is 0 Å². The van der Waals surface area contributed by atoms with Crippen LogP contribution in [0, 0.1) is 10.5 Å². The van der Waals surface area contributed by atoms with E-state index >= 15 is 0 Å². The summed E-state index contributed by atoms with van der Waals surface area (Å²) in [6.07, 6.45) is 0. The summed E-state index contributed by atoms with van der Waals surface area (Å²) >= 11 is 5.68. The monoisotopic (exact) mass is 378 g/mol. The van der Waals surface area contributed by atoms with Crippen LogP contribution in [0.1, 0.15) is 5.69 Å². The summed E-state index contributed by atoms with van der Waals surface area (Å²) in [6, 6.07) is 3.94. The Labute approximate surface area is 109 Å². The highest BCUT2D eigenvalue weighted by atomic mass is 127. The van der Waals surface area contributed by atoms with Gasteiger partial charge in [-0.25, -0.2) is 4.98 Å². The first kappa shape index (κ1) is 11.1. The molecule has 0 unspecified atom stereocenters. The van der Waals surface area contributed by atoms with Crippen LogP contribution in [-0.4, -0.2) is 9.55 Å². The van der Waals surface area contributed by atoms with Crippen LogP contribution in [0.3, 0.4) is 0 Å². The number of rotatable bonds is 0. The van der Waals surface area contributed by atoms with E-state index in [1.807, 2.05) is 12.1 Å². The summed E-state index contributed by atoms with van der Waals surface area (Å²) in [5.74, 6) is 0. The topological polar surface area (TPSA) is 34.9 Å². The van der Waals surface area contributed by atoms with Crippen molar-refractivity contribution in [3.63, 3.8) is 0 Å². The van der Waals surface area contributed by atoms with E-state index in [9.17, 15) is 4.79 Å².